The molecule has 2 aliphatic heterocycles. The zero-order valence-corrected chi connectivity index (χ0v) is 9.23. The molecular weight excluding hydrogens is 178 g/mol. The summed E-state index contributed by atoms with van der Waals surface area (Å²) in [6.45, 7) is 13.5. The Balaban J connectivity index is 2.22. The van der Waals surface area contributed by atoms with Gasteiger partial charge in [0.25, 0.3) is 0 Å². The summed E-state index contributed by atoms with van der Waals surface area (Å²) in [5.41, 5.74) is 1.20. The van der Waals surface area contributed by atoms with E-state index in [4.69, 9.17) is 0 Å². The average Bonchev–Trinajstić information content (AvgIpc) is 2.75. The number of rotatable bonds is 2. The highest BCUT2D eigenvalue weighted by atomic mass is 32.2. The van der Waals surface area contributed by atoms with E-state index in [0.29, 0.717) is 16.7 Å². The first-order valence-corrected chi connectivity index (χ1v) is 5.78. The lowest BCUT2D eigenvalue weighted by Gasteiger charge is -2.25. The molecule has 0 saturated carbocycles. The standard InChI is InChI=1S/C11H17NS/c1-5-10-9(4)12(8(2)3)6-11(10)7-13-11/h5,9-10H,1-2,6-7H2,3-4H3/t9-,10+,11-/m0/s1. The van der Waals surface area contributed by atoms with E-state index in [1.807, 2.05) is 0 Å². The molecule has 0 bridgehead atoms. The van der Waals surface area contributed by atoms with Crippen LogP contribution in [0.3, 0.4) is 0 Å². The molecule has 0 unspecified atom stereocenters. The van der Waals surface area contributed by atoms with Gasteiger partial charge in [-0.2, -0.15) is 11.8 Å². The molecule has 0 aromatic rings. The molecule has 2 aliphatic rings. The van der Waals surface area contributed by atoms with Crippen molar-refractivity contribution in [1.82, 2.24) is 4.90 Å². The van der Waals surface area contributed by atoms with Gasteiger partial charge in [-0.05, 0) is 13.8 Å². The first kappa shape index (κ1) is 9.20. The summed E-state index contributed by atoms with van der Waals surface area (Å²) in [7, 11) is 0. The van der Waals surface area contributed by atoms with Gasteiger partial charge in [0.2, 0.25) is 0 Å². The van der Waals surface area contributed by atoms with E-state index < -0.39 is 0 Å². The molecule has 3 atom stereocenters. The second-order valence-corrected chi connectivity index (χ2v) is 5.61. The Labute approximate surface area is 84.9 Å². The largest absolute Gasteiger partial charge is 0.371 e. The Morgan fingerprint density at radius 1 is 1.69 bits per heavy atom. The molecule has 2 saturated heterocycles. The van der Waals surface area contributed by atoms with Crippen LogP contribution in [-0.4, -0.2) is 28.0 Å². The van der Waals surface area contributed by atoms with Crippen molar-refractivity contribution in [3.05, 3.63) is 24.9 Å². The molecule has 0 aromatic carbocycles. The highest BCUT2D eigenvalue weighted by Gasteiger charge is 2.57. The summed E-state index contributed by atoms with van der Waals surface area (Å²) in [5, 5.41) is 0. The number of allylic oxidation sites excluding steroid dienone is 1. The minimum Gasteiger partial charge on any atom is -0.371 e. The van der Waals surface area contributed by atoms with Crippen LogP contribution in [0.5, 0.6) is 0 Å². The molecule has 2 heteroatoms. The van der Waals surface area contributed by atoms with E-state index in [2.05, 4.69) is 49.7 Å². The van der Waals surface area contributed by atoms with Gasteiger partial charge in [-0.15, -0.1) is 6.58 Å². The van der Waals surface area contributed by atoms with Crippen molar-refractivity contribution in [2.24, 2.45) is 5.92 Å². The molecule has 72 valence electrons. The van der Waals surface area contributed by atoms with Crippen LogP contribution in [0, 0.1) is 5.92 Å². The predicted molar refractivity (Wildman–Crippen MR) is 59.9 cm³/mol. The van der Waals surface area contributed by atoms with E-state index >= 15 is 0 Å². The molecule has 1 nitrogen and oxygen atoms in total. The lowest BCUT2D eigenvalue weighted by Crippen LogP contribution is -2.27. The number of hydrogen-bond donors (Lipinski definition) is 0. The molecule has 0 aliphatic carbocycles. The van der Waals surface area contributed by atoms with Gasteiger partial charge in [0.05, 0.1) is 4.75 Å². The first-order valence-electron chi connectivity index (χ1n) is 4.79. The molecule has 1 spiro atoms. The van der Waals surface area contributed by atoms with E-state index in [1.165, 1.54) is 18.0 Å². The predicted octanol–water partition coefficient (Wildman–Crippen LogP) is 2.51. The van der Waals surface area contributed by atoms with Crippen LogP contribution in [0.15, 0.2) is 24.9 Å². The lowest BCUT2D eigenvalue weighted by molar-refractivity contribution is 0.322. The van der Waals surface area contributed by atoms with Gasteiger partial charge in [-0.3, -0.25) is 0 Å². The minimum atomic E-state index is 0.500. The number of hydrogen-bond acceptors (Lipinski definition) is 2. The zero-order valence-electron chi connectivity index (χ0n) is 8.42. The number of likely N-dealkylation sites (tertiary alicyclic amines) is 1. The normalized spacial score (nSPS) is 42.5. The Bertz CT molecular complexity index is 255. The van der Waals surface area contributed by atoms with Crippen molar-refractivity contribution in [2.75, 3.05) is 12.3 Å². The average molecular weight is 195 g/mol. The highest BCUT2D eigenvalue weighted by Crippen LogP contribution is 2.57. The monoisotopic (exact) mass is 195 g/mol. The van der Waals surface area contributed by atoms with Gasteiger partial charge in [0.15, 0.2) is 0 Å². The summed E-state index contributed by atoms with van der Waals surface area (Å²) < 4.78 is 0.500. The molecule has 13 heavy (non-hydrogen) atoms. The van der Waals surface area contributed by atoms with Gasteiger partial charge in [-0.1, -0.05) is 12.7 Å². The maximum absolute atomic E-state index is 4.03. The quantitative estimate of drug-likeness (QED) is 0.492. The maximum atomic E-state index is 4.03. The molecule has 2 fully saturated rings. The SMILES string of the molecule is C=C[C@@H]1[C@H](C)N(C(=C)C)C[C@]12CS2. The van der Waals surface area contributed by atoms with Gasteiger partial charge in [0.1, 0.15) is 0 Å². The van der Waals surface area contributed by atoms with Gasteiger partial charge in [0, 0.05) is 30.0 Å². The summed E-state index contributed by atoms with van der Waals surface area (Å²) >= 11 is 2.08. The van der Waals surface area contributed by atoms with E-state index in [9.17, 15) is 0 Å². The van der Waals surface area contributed by atoms with E-state index in [-0.39, 0.29) is 0 Å². The first-order chi connectivity index (χ1) is 6.10. The number of thioether (sulfide) groups is 1. The molecule has 2 rings (SSSR count). The van der Waals surface area contributed by atoms with Crippen LogP contribution in [-0.2, 0) is 0 Å². The highest BCUT2D eigenvalue weighted by molar-refractivity contribution is 8.08. The second kappa shape index (κ2) is 2.81. The van der Waals surface area contributed by atoms with Crippen LogP contribution < -0.4 is 0 Å². The van der Waals surface area contributed by atoms with Crippen LogP contribution in [0.4, 0.5) is 0 Å². The molecule has 0 amide bonds. The lowest BCUT2D eigenvalue weighted by atomic mass is 9.93. The molecule has 0 aromatic heterocycles. The fraction of sp³-hybridized carbons (Fsp3) is 0.636. The van der Waals surface area contributed by atoms with Gasteiger partial charge >= 0.3 is 0 Å². The Morgan fingerprint density at radius 2 is 2.31 bits per heavy atom. The molecular formula is C11H17NS. The van der Waals surface area contributed by atoms with E-state index in [1.54, 1.807) is 0 Å². The third-order valence-corrected chi connectivity index (χ3v) is 4.75. The fourth-order valence-electron chi connectivity index (χ4n) is 2.44. The fourth-order valence-corrected chi connectivity index (χ4v) is 3.63. The van der Waals surface area contributed by atoms with Crippen LogP contribution >= 0.6 is 11.8 Å². The third kappa shape index (κ3) is 1.23. The van der Waals surface area contributed by atoms with Crippen molar-refractivity contribution in [1.29, 1.82) is 0 Å². The van der Waals surface area contributed by atoms with Crippen LogP contribution in [0.25, 0.3) is 0 Å². The summed E-state index contributed by atoms with van der Waals surface area (Å²) in [6.07, 6.45) is 2.13. The topological polar surface area (TPSA) is 3.24 Å². The molecule has 0 radical (unpaired) electrons. The summed E-state index contributed by atoms with van der Waals surface area (Å²) in [6, 6.07) is 0.588. The van der Waals surface area contributed by atoms with Crippen molar-refractivity contribution in [3.8, 4) is 0 Å². The van der Waals surface area contributed by atoms with Crippen molar-refractivity contribution in [2.45, 2.75) is 24.6 Å². The summed E-state index contributed by atoms with van der Waals surface area (Å²) in [5.74, 6) is 1.95. The van der Waals surface area contributed by atoms with Gasteiger partial charge < -0.3 is 4.90 Å². The maximum Gasteiger partial charge on any atom is 0.0507 e. The number of nitrogens with zero attached hydrogens (tertiary/aromatic N) is 1. The smallest absolute Gasteiger partial charge is 0.0507 e. The van der Waals surface area contributed by atoms with Crippen LogP contribution in [0.2, 0.25) is 0 Å². The molecule has 0 N–H and O–H groups in total. The van der Waals surface area contributed by atoms with Crippen molar-refractivity contribution >= 4 is 11.8 Å². The van der Waals surface area contributed by atoms with Gasteiger partial charge in [-0.25, -0.2) is 0 Å². The van der Waals surface area contributed by atoms with Crippen LogP contribution in [0.1, 0.15) is 13.8 Å². The van der Waals surface area contributed by atoms with Crippen molar-refractivity contribution < 1.29 is 0 Å². The summed E-state index contributed by atoms with van der Waals surface area (Å²) in [4.78, 5) is 2.42. The Kier molecular flexibility index (Phi) is 1.99. The Morgan fingerprint density at radius 3 is 2.62 bits per heavy atom. The second-order valence-electron chi connectivity index (χ2n) is 4.22. The zero-order chi connectivity index (χ0) is 9.64. The Hall–Kier alpha value is -0.370. The van der Waals surface area contributed by atoms with E-state index in [0.717, 1.165) is 0 Å². The third-order valence-electron chi connectivity index (χ3n) is 3.32. The minimum absolute atomic E-state index is 0.500. The molecule has 2 heterocycles. The van der Waals surface area contributed by atoms with Crippen molar-refractivity contribution in [3.63, 3.8) is 0 Å².